The third-order valence-corrected chi connectivity index (χ3v) is 2.21. The molecule has 4 nitrogen and oxygen atoms in total. The fourth-order valence-corrected chi connectivity index (χ4v) is 1.60. The average molecular weight is 209 g/mol. The predicted octanol–water partition coefficient (Wildman–Crippen LogP) is 1.08. The second-order valence-corrected chi connectivity index (χ2v) is 4.73. The highest BCUT2D eigenvalue weighted by Crippen LogP contribution is 2.20. The highest BCUT2D eigenvalue weighted by atomic mass is 16.6. The number of amides is 1. The quantitative estimate of drug-likeness (QED) is 0.607. The van der Waals surface area contributed by atoms with Gasteiger partial charge in [0.25, 0.3) is 0 Å². The highest BCUT2D eigenvalue weighted by Gasteiger charge is 2.34. The SMILES string of the molecule is [B]C(=O)[C@@H]1CCCN1C(=O)OC(C)(C)C. The summed E-state index contributed by atoms with van der Waals surface area (Å²) in [7, 11) is 5.20. The summed E-state index contributed by atoms with van der Waals surface area (Å²) in [6, 6.07) is -0.500. The Morgan fingerprint density at radius 3 is 2.47 bits per heavy atom. The smallest absolute Gasteiger partial charge is 0.410 e. The van der Waals surface area contributed by atoms with Crippen molar-refractivity contribution in [2.75, 3.05) is 6.54 Å². The molecule has 0 spiro atoms. The number of carbonyl (C=O) groups is 2. The van der Waals surface area contributed by atoms with Gasteiger partial charge in [-0.05, 0) is 33.6 Å². The molecule has 0 N–H and O–H groups in total. The van der Waals surface area contributed by atoms with Gasteiger partial charge in [0.1, 0.15) is 5.60 Å². The molecular formula is C10H16BNO3. The largest absolute Gasteiger partial charge is 0.444 e. The first-order valence-corrected chi connectivity index (χ1v) is 5.10. The summed E-state index contributed by atoms with van der Waals surface area (Å²) in [6.07, 6.45) is 0.977. The summed E-state index contributed by atoms with van der Waals surface area (Å²) in [5, 5.41) is 0. The molecule has 0 aromatic rings. The summed E-state index contributed by atoms with van der Waals surface area (Å²) in [5.74, 6) is 0. The number of nitrogens with zero attached hydrogens (tertiary/aromatic N) is 1. The molecule has 2 radical (unpaired) electrons. The maximum Gasteiger partial charge on any atom is 0.410 e. The minimum absolute atomic E-state index is 0.455. The van der Waals surface area contributed by atoms with Crippen LogP contribution in [0.25, 0.3) is 0 Å². The molecule has 1 atom stereocenters. The van der Waals surface area contributed by atoms with Gasteiger partial charge in [-0.15, -0.1) is 0 Å². The molecule has 0 unspecified atom stereocenters. The lowest BCUT2D eigenvalue weighted by Gasteiger charge is -2.27. The molecule has 0 aromatic heterocycles. The van der Waals surface area contributed by atoms with Crippen LogP contribution in [-0.4, -0.2) is 42.7 Å². The Morgan fingerprint density at radius 1 is 1.40 bits per heavy atom. The van der Waals surface area contributed by atoms with E-state index in [1.807, 2.05) is 0 Å². The van der Waals surface area contributed by atoms with E-state index in [9.17, 15) is 9.59 Å². The van der Waals surface area contributed by atoms with Crippen LogP contribution >= 0.6 is 0 Å². The van der Waals surface area contributed by atoms with E-state index in [4.69, 9.17) is 12.6 Å². The Balaban J connectivity index is 2.63. The lowest BCUT2D eigenvalue weighted by Crippen LogP contribution is -2.43. The maximum atomic E-state index is 11.7. The summed E-state index contributed by atoms with van der Waals surface area (Å²) in [4.78, 5) is 24.1. The van der Waals surface area contributed by atoms with E-state index in [0.29, 0.717) is 13.0 Å². The van der Waals surface area contributed by atoms with Gasteiger partial charge in [0.2, 0.25) is 0 Å². The standard InChI is InChI=1S/C10H16BNO3/c1-10(2,3)15-9(14)12-6-4-5-7(12)8(11)13/h7H,4-6H2,1-3H3/t7-/m0/s1. The molecule has 0 aliphatic carbocycles. The van der Waals surface area contributed by atoms with Crippen molar-refractivity contribution in [3.63, 3.8) is 0 Å². The predicted molar refractivity (Wildman–Crippen MR) is 56.7 cm³/mol. The molecule has 1 amide bonds. The first kappa shape index (κ1) is 12.1. The molecule has 1 aliphatic rings. The summed E-state index contributed by atoms with van der Waals surface area (Å²) in [6.45, 7) is 5.92. The molecule has 0 saturated carbocycles. The van der Waals surface area contributed by atoms with E-state index in [1.165, 1.54) is 4.90 Å². The molecule has 0 bridgehead atoms. The zero-order chi connectivity index (χ0) is 11.6. The van der Waals surface area contributed by atoms with Gasteiger partial charge in [0.05, 0.1) is 11.7 Å². The van der Waals surface area contributed by atoms with Crippen molar-refractivity contribution in [1.29, 1.82) is 0 Å². The van der Waals surface area contributed by atoms with Gasteiger partial charge in [-0.1, -0.05) is 0 Å². The first-order valence-electron chi connectivity index (χ1n) is 5.10. The summed E-state index contributed by atoms with van der Waals surface area (Å²) >= 11 is 0. The van der Waals surface area contributed by atoms with Gasteiger partial charge in [0.15, 0.2) is 7.85 Å². The van der Waals surface area contributed by atoms with E-state index in [2.05, 4.69) is 0 Å². The van der Waals surface area contributed by atoms with Crippen molar-refractivity contribution in [2.45, 2.75) is 45.3 Å². The van der Waals surface area contributed by atoms with Crippen molar-refractivity contribution >= 4 is 19.6 Å². The fraction of sp³-hybridized carbons (Fsp3) is 0.800. The van der Waals surface area contributed by atoms with E-state index < -0.39 is 23.4 Å². The van der Waals surface area contributed by atoms with Crippen LogP contribution in [-0.2, 0) is 9.53 Å². The van der Waals surface area contributed by atoms with Gasteiger partial charge in [0, 0.05) is 6.54 Å². The van der Waals surface area contributed by atoms with Crippen LogP contribution in [0.1, 0.15) is 33.6 Å². The molecule has 1 heterocycles. The van der Waals surface area contributed by atoms with Crippen molar-refractivity contribution in [2.24, 2.45) is 0 Å². The second kappa shape index (κ2) is 4.25. The van der Waals surface area contributed by atoms with E-state index in [0.717, 1.165) is 6.42 Å². The molecule has 82 valence electrons. The minimum atomic E-state index is -0.540. The molecule has 0 aromatic carbocycles. The third-order valence-electron chi connectivity index (χ3n) is 2.21. The number of carbonyl (C=O) groups excluding carboxylic acids is 2. The van der Waals surface area contributed by atoms with Gasteiger partial charge >= 0.3 is 6.09 Å². The Kier molecular flexibility index (Phi) is 3.42. The Hall–Kier alpha value is -0.995. The van der Waals surface area contributed by atoms with Crippen LogP contribution < -0.4 is 0 Å². The topological polar surface area (TPSA) is 46.6 Å². The van der Waals surface area contributed by atoms with Crippen LogP contribution in [0.2, 0.25) is 0 Å². The monoisotopic (exact) mass is 209 g/mol. The Labute approximate surface area is 91.4 Å². The van der Waals surface area contributed by atoms with Crippen molar-refractivity contribution in [3.8, 4) is 0 Å². The van der Waals surface area contributed by atoms with Gasteiger partial charge < -0.3 is 9.53 Å². The van der Waals surface area contributed by atoms with Crippen LogP contribution in [0, 0.1) is 0 Å². The molecule has 5 heteroatoms. The van der Waals surface area contributed by atoms with E-state index in [-0.39, 0.29) is 0 Å². The third kappa shape index (κ3) is 3.25. The molecule has 1 fully saturated rings. The van der Waals surface area contributed by atoms with Crippen molar-refractivity contribution < 1.29 is 14.3 Å². The molecule has 1 aliphatic heterocycles. The highest BCUT2D eigenvalue weighted by molar-refractivity contribution is 6.59. The summed E-state index contributed by atoms with van der Waals surface area (Å²) < 4.78 is 5.18. The van der Waals surface area contributed by atoms with E-state index in [1.54, 1.807) is 20.8 Å². The van der Waals surface area contributed by atoms with Crippen LogP contribution in [0.3, 0.4) is 0 Å². The second-order valence-electron chi connectivity index (χ2n) is 4.73. The molecular weight excluding hydrogens is 193 g/mol. The van der Waals surface area contributed by atoms with Gasteiger partial charge in [-0.3, -0.25) is 4.90 Å². The van der Waals surface area contributed by atoms with Crippen molar-refractivity contribution in [1.82, 2.24) is 4.90 Å². The number of ether oxygens (including phenoxy) is 1. The number of rotatable bonds is 1. The minimum Gasteiger partial charge on any atom is -0.444 e. The summed E-state index contributed by atoms with van der Waals surface area (Å²) in [5.41, 5.74) is -1.000. The lowest BCUT2D eigenvalue weighted by molar-refractivity contribution is -0.115. The number of hydrogen-bond acceptors (Lipinski definition) is 3. The molecule has 1 rings (SSSR count). The zero-order valence-corrected chi connectivity index (χ0v) is 9.45. The number of likely N-dealkylation sites (tertiary alicyclic amines) is 1. The normalized spacial score (nSPS) is 21.5. The van der Waals surface area contributed by atoms with Crippen molar-refractivity contribution in [3.05, 3.63) is 0 Å². The molecule has 15 heavy (non-hydrogen) atoms. The Bertz CT molecular complexity index is 272. The number of hydrogen-bond donors (Lipinski definition) is 0. The van der Waals surface area contributed by atoms with Gasteiger partial charge in [-0.25, -0.2) is 4.79 Å². The fourth-order valence-electron chi connectivity index (χ4n) is 1.60. The van der Waals surface area contributed by atoms with Crippen LogP contribution in [0.15, 0.2) is 0 Å². The maximum absolute atomic E-state index is 11.7. The van der Waals surface area contributed by atoms with Crippen LogP contribution in [0.5, 0.6) is 0 Å². The van der Waals surface area contributed by atoms with Gasteiger partial charge in [-0.2, -0.15) is 0 Å². The average Bonchev–Trinajstić information content (AvgIpc) is 2.47. The zero-order valence-electron chi connectivity index (χ0n) is 9.45. The van der Waals surface area contributed by atoms with Crippen LogP contribution in [0.4, 0.5) is 4.79 Å². The lowest BCUT2D eigenvalue weighted by atomic mass is 9.93. The Morgan fingerprint density at radius 2 is 2.00 bits per heavy atom. The first-order chi connectivity index (χ1) is 6.81. The van der Waals surface area contributed by atoms with E-state index >= 15 is 0 Å². The molecule has 1 saturated heterocycles.